The van der Waals surface area contributed by atoms with Crippen molar-refractivity contribution in [3.8, 4) is 0 Å². The molecule has 0 aliphatic heterocycles. The summed E-state index contributed by atoms with van der Waals surface area (Å²) >= 11 is 0. The van der Waals surface area contributed by atoms with Gasteiger partial charge < -0.3 is 5.11 Å². The number of allylic oxidation sites excluding steroid dienone is 1. The molecule has 1 aromatic carbocycles. The van der Waals surface area contributed by atoms with E-state index in [2.05, 4.69) is 6.58 Å². The maximum absolute atomic E-state index is 13.8. The zero-order valence-electron chi connectivity index (χ0n) is 12.9. The molecule has 0 bridgehead atoms. The Bertz CT molecular complexity index is 784. The number of rotatable bonds is 6. The summed E-state index contributed by atoms with van der Waals surface area (Å²) in [5.41, 5.74) is 0.0353. The summed E-state index contributed by atoms with van der Waals surface area (Å²) in [7, 11) is -3.99. The van der Waals surface area contributed by atoms with Crippen molar-refractivity contribution in [2.24, 2.45) is 5.92 Å². The molecule has 1 aliphatic rings. The van der Waals surface area contributed by atoms with E-state index in [1.54, 1.807) is 0 Å². The van der Waals surface area contributed by atoms with Gasteiger partial charge in [0.2, 0.25) is 0 Å². The fourth-order valence-electron chi connectivity index (χ4n) is 2.81. The van der Waals surface area contributed by atoms with Crippen LogP contribution in [-0.2, 0) is 21.1 Å². The van der Waals surface area contributed by atoms with E-state index in [9.17, 15) is 27.1 Å². The molecule has 0 heterocycles. The Morgan fingerprint density at radius 1 is 1.42 bits per heavy atom. The van der Waals surface area contributed by atoms with E-state index in [-0.39, 0.29) is 23.3 Å². The van der Waals surface area contributed by atoms with Crippen LogP contribution < -0.4 is 0 Å². The fraction of sp³-hybridized carbons (Fsp3) is 0.353. The second-order valence-corrected chi connectivity index (χ2v) is 7.85. The maximum atomic E-state index is 13.8. The minimum absolute atomic E-state index is 0.0353. The number of halogens is 2. The van der Waals surface area contributed by atoms with E-state index in [0.29, 0.717) is 18.9 Å². The Morgan fingerprint density at radius 3 is 2.71 bits per heavy atom. The Kier molecular flexibility index (Phi) is 5.54. The van der Waals surface area contributed by atoms with Crippen molar-refractivity contribution in [3.63, 3.8) is 0 Å². The summed E-state index contributed by atoms with van der Waals surface area (Å²) in [5, 5.41) is 8.08. The number of hydrogen-bond acceptors (Lipinski definition) is 3. The Labute approximate surface area is 139 Å². The molecule has 0 fully saturated rings. The van der Waals surface area contributed by atoms with Crippen LogP contribution in [0.4, 0.5) is 8.78 Å². The molecule has 0 saturated carbocycles. The van der Waals surface area contributed by atoms with Gasteiger partial charge in [0, 0.05) is 6.07 Å². The van der Waals surface area contributed by atoms with Gasteiger partial charge in [0.05, 0.1) is 16.1 Å². The molecule has 4 nitrogen and oxygen atoms in total. The molecule has 0 aromatic heterocycles. The molecule has 7 heteroatoms. The van der Waals surface area contributed by atoms with Crippen LogP contribution >= 0.6 is 0 Å². The molecular weight excluding hydrogens is 338 g/mol. The number of carboxylic acids is 1. The zero-order chi connectivity index (χ0) is 17.9. The number of carboxylic acid groups (broad SMARTS) is 1. The standard InChI is InChI=1S/C17H18F2O4S/c1-2-13(9-11-7-8-12(18)10-15(11)19)24(22,23)16-6-4-3-5-14(16)17(20)21/h2,6-8,10,13-14H,1,3-5,9H2,(H,20,21). The maximum Gasteiger partial charge on any atom is 0.311 e. The lowest BCUT2D eigenvalue weighted by molar-refractivity contribution is -0.140. The highest BCUT2D eigenvalue weighted by Gasteiger charge is 2.37. The number of hydrogen-bond donors (Lipinski definition) is 1. The van der Waals surface area contributed by atoms with Gasteiger partial charge in [-0.15, -0.1) is 6.58 Å². The first-order valence-corrected chi connectivity index (χ1v) is 9.05. The van der Waals surface area contributed by atoms with E-state index in [1.165, 1.54) is 12.1 Å². The largest absolute Gasteiger partial charge is 0.481 e. The molecule has 24 heavy (non-hydrogen) atoms. The monoisotopic (exact) mass is 356 g/mol. The van der Waals surface area contributed by atoms with Gasteiger partial charge >= 0.3 is 5.97 Å². The predicted octanol–water partition coefficient (Wildman–Crippen LogP) is 3.25. The SMILES string of the molecule is C=CC(Cc1ccc(F)cc1F)S(=O)(=O)C1=CCCCC1C(=O)O. The van der Waals surface area contributed by atoms with Crippen molar-refractivity contribution in [2.45, 2.75) is 30.9 Å². The lowest BCUT2D eigenvalue weighted by Gasteiger charge is -2.24. The Hall–Kier alpha value is -2.02. The van der Waals surface area contributed by atoms with Crippen molar-refractivity contribution in [3.05, 3.63) is 59.0 Å². The van der Waals surface area contributed by atoms with Gasteiger partial charge in [-0.25, -0.2) is 17.2 Å². The summed E-state index contributed by atoms with van der Waals surface area (Å²) < 4.78 is 52.4. The van der Waals surface area contributed by atoms with Gasteiger partial charge in [-0.05, 0) is 37.3 Å². The molecule has 2 rings (SSSR count). The van der Waals surface area contributed by atoms with Gasteiger partial charge in [0.25, 0.3) is 0 Å². The fourth-order valence-corrected chi connectivity index (χ4v) is 4.78. The molecule has 0 amide bonds. The third-order valence-corrected chi connectivity index (χ3v) is 6.37. The van der Waals surface area contributed by atoms with Crippen molar-refractivity contribution in [2.75, 3.05) is 0 Å². The molecule has 2 atom stereocenters. The molecule has 0 radical (unpaired) electrons. The minimum atomic E-state index is -3.99. The van der Waals surface area contributed by atoms with E-state index >= 15 is 0 Å². The van der Waals surface area contributed by atoms with E-state index in [1.807, 2.05) is 0 Å². The lowest BCUT2D eigenvalue weighted by atomic mass is 9.96. The van der Waals surface area contributed by atoms with Crippen LogP contribution in [0, 0.1) is 17.6 Å². The molecule has 1 aliphatic carbocycles. The van der Waals surface area contributed by atoms with Gasteiger partial charge in [-0.3, -0.25) is 4.79 Å². The summed E-state index contributed by atoms with van der Waals surface area (Å²) in [4.78, 5) is 11.2. The summed E-state index contributed by atoms with van der Waals surface area (Å²) in [6.45, 7) is 3.49. The molecule has 1 aromatic rings. The number of carbonyl (C=O) groups is 1. The molecule has 2 unspecified atom stereocenters. The average molecular weight is 356 g/mol. The van der Waals surface area contributed by atoms with Gasteiger partial charge in [0.1, 0.15) is 11.6 Å². The van der Waals surface area contributed by atoms with Crippen LogP contribution in [0.5, 0.6) is 0 Å². The second kappa shape index (κ2) is 7.25. The number of aliphatic carboxylic acids is 1. The van der Waals surface area contributed by atoms with Crippen LogP contribution in [-0.4, -0.2) is 24.7 Å². The Morgan fingerprint density at radius 2 is 2.12 bits per heavy atom. The third-order valence-electron chi connectivity index (χ3n) is 4.11. The topological polar surface area (TPSA) is 71.4 Å². The summed E-state index contributed by atoms with van der Waals surface area (Å²) in [6, 6.07) is 2.91. The van der Waals surface area contributed by atoms with E-state index < -0.39 is 38.6 Å². The van der Waals surface area contributed by atoms with Gasteiger partial charge in [0.15, 0.2) is 9.84 Å². The average Bonchev–Trinajstić information content (AvgIpc) is 2.54. The molecule has 0 saturated heterocycles. The zero-order valence-corrected chi connectivity index (χ0v) is 13.7. The minimum Gasteiger partial charge on any atom is -0.481 e. The van der Waals surface area contributed by atoms with Crippen molar-refractivity contribution in [1.29, 1.82) is 0 Å². The highest BCUT2D eigenvalue weighted by atomic mass is 32.2. The quantitative estimate of drug-likeness (QED) is 0.794. The third kappa shape index (κ3) is 3.72. The highest BCUT2D eigenvalue weighted by molar-refractivity contribution is 7.96. The highest BCUT2D eigenvalue weighted by Crippen LogP contribution is 2.33. The van der Waals surface area contributed by atoms with Gasteiger partial charge in [-0.2, -0.15) is 0 Å². The Balaban J connectivity index is 2.36. The lowest BCUT2D eigenvalue weighted by Crippen LogP contribution is -2.31. The van der Waals surface area contributed by atoms with Crippen molar-refractivity contribution >= 4 is 15.8 Å². The molecular formula is C17H18F2O4S. The van der Waals surface area contributed by atoms with Crippen LogP contribution in [0.1, 0.15) is 24.8 Å². The normalized spacial score (nSPS) is 19.4. The first kappa shape index (κ1) is 18.3. The van der Waals surface area contributed by atoms with E-state index in [0.717, 1.165) is 12.1 Å². The molecule has 1 N–H and O–H groups in total. The molecule has 0 spiro atoms. The number of sulfone groups is 1. The molecule has 130 valence electrons. The van der Waals surface area contributed by atoms with Gasteiger partial charge in [-0.1, -0.05) is 18.2 Å². The summed E-state index contributed by atoms with van der Waals surface area (Å²) in [6.07, 6.45) is 3.67. The van der Waals surface area contributed by atoms with Crippen molar-refractivity contribution < 1.29 is 27.1 Å². The van der Waals surface area contributed by atoms with Crippen molar-refractivity contribution in [1.82, 2.24) is 0 Å². The van der Waals surface area contributed by atoms with Crippen LogP contribution in [0.3, 0.4) is 0 Å². The first-order chi connectivity index (χ1) is 11.3. The van der Waals surface area contributed by atoms with Crippen LogP contribution in [0.2, 0.25) is 0 Å². The first-order valence-electron chi connectivity index (χ1n) is 7.50. The smallest absolute Gasteiger partial charge is 0.311 e. The predicted molar refractivity (Wildman–Crippen MR) is 86.0 cm³/mol. The number of benzene rings is 1. The van der Waals surface area contributed by atoms with E-state index in [4.69, 9.17) is 0 Å². The second-order valence-electron chi connectivity index (χ2n) is 5.69. The summed E-state index contributed by atoms with van der Waals surface area (Å²) in [5.74, 6) is -3.88. The van der Waals surface area contributed by atoms with Crippen LogP contribution in [0.25, 0.3) is 0 Å². The van der Waals surface area contributed by atoms with Crippen LogP contribution in [0.15, 0.2) is 41.8 Å².